The van der Waals surface area contributed by atoms with Crippen LogP contribution in [0.1, 0.15) is 55.3 Å². The quantitative estimate of drug-likeness (QED) is 0.796. The third-order valence-electron chi connectivity index (χ3n) is 3.90. The number of aliphatic hydroxyl groups excluding tert-OH is 1. The molecule has 0 amide bonds. The minimum atomic E-state index is -0.204. The highest BCUT2D eigenvalue weighted by Gasteiger charge is 2.31. The van der Waals surface area contributed by atoms with E-state index in [2.05, 4.69) is 24.3 Å². The number of hydrogen-bond acceptors (Lipinski definition) is 1. The number of rotatable bonds is 3. The average molecular weight is 202 g/mol. The molecule has 0 heterocycles. The van der Waals surface area contributed by atoms with Crippen LogP contribution in [0.25, 0.3) is 0 Å². The molecule has 1 nitrogen and oxygen atoms in total. The first kappa shape index (κ1) is 9.41. The van der Waals surface area contributed by atoms with E-state index >= 15 is 0 Å². The summed E-state index contributed by atoms with van der Waals surface area (Å²) in [4.78, 5) is 0. The predicted octanol–water partition coefficient (Wildman–Crippen LogP) is 3.40. The van der Waals surface area contributed by atoms with Crippen molar-refractivity contribution in [2.75, 3.05) is 0 Å². The predicted molar refractivity (Wildman–Crippen MR) is 60.7 cm³/mol. The maximum atomic E-state index is 10.1. The summed E-state index contributed by atoms with van der Waals surface area (Å²) >= 11 is 0. The molecule has 0 radical (unpaired) electrons. The van der Waals surface area contributed by atoms with Crippen LogP contribution in [-0.2, 0) is 0 Å². The van der Waals surface area contributed by atoms with Gasteiger partial charge in [0.1, 0.15) is 0 Å². The van der Waals surface area contributed by atoms with Gasteiger partial charge >= 0.3 is 0 Å². The first-order chi connectivity index (χ1) is 7.34. The zero-order valence-electron chi connectivity index (χ0n) is 9.02. The molecule has 0 saturated heterocycles. The third-order valence-corrected chi connectivity index (χ3v) is 3.90. The summed E-state index contributed by atoms with van der Waals surface area (Å²) in [5.74, 6) is 1.32. The van der Waals surface area contributed by atoms with E-state index in [0.717, 1.165) is 11.5 Å². The Morgan fingerprint density at radius 3 is 2.53 bits per heavy atom. The van der Waals surface area contributed by atoms with Gasteiger partial charge in [0.25, 0.3) is 0 Å². The zero-order chi connectivity index (χ0) is 10.3. The van der Waals surface area contributed by atoms with Crippen molar-refractivity contribution in [2.24, 2.45) is 5.92 Å². The SMILES string of the molecule is OC(c1cccc(C2CCC2)c1)C1CC1. The van der Waals surface area contributed by atoms with Crippen molar-refractivity contribution in [1.82, 2.24) is 0 Å². The fourth-order valence-electron chi connectivity index (χ4n) is 2.42. The highest BCUT2D eigenvalue weighted by Crippen LogP contribution is 2.42. The average Bonchev–Trinajstić information content (AvgIpc) is 2.97. The van der Waals surface area contributed by atoms with Crippen molar-refractivity contribution in [1.29, 1.82) is 0 Å². The van der Waals surface area contributed by atoms with Gasteiger partial charge < -0.3 is 5.11 Å². The Hall–Kier alpha value is -0.820. The highest BCUT2D eigenvalue weighted by atomic mass is 16.3. The molecule has 80 valence electrons. The Kier molecular flexibility index (Phi) is 2.28. The first-order valence-corrected chi connectivity index (χ1v) is 6.12. The van der Waals surface area contributed by atoms with Crippen molar-refractivity contribution >= 4 is 0 Å². The second-order valence-corrected chi connectivity index (χ2v) is 5.08. The Balaban J connectivity index is 1.81. The molecule has 1 atom stereocenters. The van der Waals surface area contributed by atoms with E-state index in [1.165, 1.54) is 37.7 Å². The van der Waals surface area contributed by atoms with E-state index < -0.39 is 0 Å². The van der Waals surface area contributed by atoms with E-state index in [0.29, 0.717) is 5.92 Å². The van der Waals surface area contributed by atoms with Gasteiger partial charge in [0.05, 0.1) is 6.10 Å². The van der Waals surface area contributed by atoms with Crippen LogP contribution in [0.15, 0.2) is 24.3 Å². The highest BCUT2D eigenvalue weighted by molar-refractivity contribution is 5.29. The lowest BCUT2D eigenvalue weighted by Gasteiger charge is -2.26. The molecule has 2 fully saturated rings. The van der Waals surface area contributed by atoms with Gasteiger partial charge in [-0.15, -0.1) is 0 Å². The lowest BCUT2D eigenvalue weighted by molar-refractivity contribution is 0.153. The molecular formula is C14H18O. The van der Waals surface area contributed by atoms with Crippen LogP contribution in [0.3, 0.4) is 0 Å². The van der Waals surface area contributed by atoms with Crippen molar-refractivity contribution < 1.29 is 5.11 Å². The smallest absolute Gasteiger partial charge is 0.0818 e. The third kappa shape index (κ3) is 1.81. The Labute approximate surface area is 91.1 Å². The van der Waals surface area contributed by atoms with Crippen LogP contribution < -0.4 is 0 Å². The molecule has 2 saturated carbocycles. The van der Waals surface area contributed by atoms with Crippen LogP contribution in [0.5, 0.6) is 0 Å². The lowest BCUT2D eigenvalue weighted by atomic mass is 9.79. The molecule has 1 aromatic carbocycles. The Morgan fingerprint density at radius 1 is 1.13 bits per heavy atom. The van der Waals surface area contributed by atoms with Crippen LogP contribution in [0, 0.1) is 5.92 Å². The molecule has 0 spiro atoms. The number of aliphatic hydroxyl groups is 1. The van der Waals surface area contributed by atoms with Crippen molar-refractivity contribution in [3.05, 3.63) is 35.4 Å². The number of hydrogen-bond donors (Lipinski definition) is 1. The van der Waals surface area contributed by atoms with Gasteiger partial charge in [0, 0.05) is 0 Å². The Morgan fingerprint density at radius 2 is 1.93 bits per heavy atom. The second-order valence-electron chi connectivity index (χ2n) is 5.08. The summed E-state index contributed by atoms with van der Waals surface area (Å²) in [7, 11) is 0. The van der Waals surface area contributed by atoms with Gasteiger partial charge in [-0.05, 0) is 48.6 Å². The maximum absolute atomic E-state index is 10.1. The standard InChI is InChI=1S/C14H18O/c15-14(11-7-8-11)13-6-2-5-12(9-13)10-3-1-4-10/h2,5-6,9-11,14-15H,1,3-4,7-8H2. The lowest BCUT2D eigenvalue weighted by Crippen LogP contribution is -2.09. The van der Waals surface area contributed by atoms with E-state index in [9.17, 15) is 5.11 Å². The molecule has 1 unspecified atom stereocenters. The van der Waals surface area contributed by atoms with E-state index in [-0.39, 0.29) is 6.10 Å². The molecule has 3 rings (SSSR count). The van der Waals surface area contributed by atoms with Crippen molar-refractivity contribution in [3.63, 3.8) is 0 Å². The maximum Gasteiger partial charge on any atom is 0.0818 e. The zero-order valence-corrected chi connectivity index (χ0v) is 9.02. The summed E-state index contributed by atoms with van der Waals surface area (Å²) in [6.45, 7) is 0. The minimum Gasteiger partial charge on any atom is -0.388 e. The number of benzene rings is 1. The fraction of sp³-hybridized carbons (Fsp3) is 0.571. The van der Waals surface area contributed by atoms with E-state index in [1.807, 2.05) is 0 Å². The second kappa shape index (κ2) is 3.64. The monoisotopic (exact) mass is 202 g/mol. The Bertz CT molecular complexity index is 350. The molecule has 1 aromatic rings. The van der Waals surface area contributed by atoms with Crippen LogP contribution >= 0.6 is 0 Å². The molecule has 2 aliphatic rings. The summed E-state index contributed by atoms with van der Waals surface area (Å²) in [6, 6.07) is 8.62. The molecule has 1 N–H and O–H groups in total. The minimum absolute atomic E-state index is 0.204. The van der Waals surface area contributed by atoms with Gasteiger partial charge in [0.15, 0.2) is 0 Å². The van der Waals surface area contributed by atoms with Gasteiger partial charge in [0.2, 0.25) is 0 Å². The molecule has 0 aromatic heterocycles. The van der Waals surface area contributed by atoms with E-state index in [1.54, 1.807) is 0 Å². The fourth-order valence-corrected chi connectivity index (χ4v) is 2.42. The summed E-state index contributed by atoms with van der Waals surface area (Å²) in [6.07, 6.45) is 6.25. The van der Waals surface area contributed by atoms with Crippen molar-refractivity contribution in [3.8, 4) is 0 Å². The molecular weight excluding hydrogens is 184 g/mol. The molecule has 15 heavy (non-hydrogen) atoms. The van der Waals surface area contributed by atoms with E-state index in [4.69, 9.17) is 0 Å². The molecule has 0 aliphatic heterocycles. The summed E-state index contributed by atoms with van der Waals surface area (Å²) in [5.41, 5.74) is 2.58. The largest absolute Gasteiger partial charge is 0.388 e. The summed E-state index contributed by atoms with van der Waals surface area (Å²) < 4.78 is 0. The molecule has 1 heteroatoms. The summed E-state index contributed by atoms with van der Waals surface area (Å²) in [5, 5.41) is 10.1. The topological polar surface area (TPSA) is 20.2 Å². The first-order valence-electron chi connectivity index (χ1n) is 6.12. The van der Waals surface area contributed by atoms with Crippen LogP contribution in [0.2, 0.25) is 0 Å². The van der Waals surface area contributed by atoms with Crippen LogP contribution in [-0.4, -0.2) is 5.11 Å². The molecule has 0 bridgehead atoms. The molecule has 2 aliphatic carbocycles. The van der Waals surface area contributed by atoms with Gasteiger partial charge in [-0.25, -0.2) is 0 Å². The van der Waals surface area contributed by atoms with Crippen LogP contribution in [0.4, 0.5) is 0 Å². The van der Waals surface area contributed by atoms with Gasteiger partial charge in [-0.1, -0.05) is 30.7 Å². The normalized spacial score (nSPS) is 23.5. The van der Waals surface area contributed by atoms with Gasteiger partial charge in [-0.2, -0.15) is 0 Å². The van der Waals surface area contributed by atoms with Crippen molar-refractivity contribution in [2.45, 2.75) is 44.1 Å². The van der Waals surface area contributed by atoms with Gasteiger partial charge in [-0.3, -0.25) is 0 Å².